The SMILES string of the molecule is N#CCc1sc(-c2cccc(F)c2)nc1C(=O)O. The molecule has 0 unspecified atom stereocenters. The van der Waals surface area contributed by atoms with Crippen LogP contribution in [0.3, 0.4) is 0 Å². The summed E-state index contributed by atoms with van der Waals surface area (Å²) in [6, 6.07) is 7.63. The van der Waals surface area contributed by atoms with Crippen molar-refractivity contribution >= 4 is 17.3 Å². The van der Waals surface area contributed by atoms with E-state index in [-0.39, 0.29) is 12.1 Å². The van der Waals surface area contributed by atoms with Crippen molar-refractivity contribution in [2.24, 2.45) is 0 Å². The monoisotopic (exact) mass is 262 g/mol. The lowest BCUT2D eigenvalue weighted by molar-refractivity contribution is 0.0690. The molecule has 0 saturated carbocycles. The van der Waals surface area contributed by atoms with Crippen molar-refractivity contribution in [3.05, 3.63) is 40.7 Å². The lowest BCUT2D eigenvalue weighted by Crippen LogP contribution is -2.00. The first kappa shape index (κ1) is 12.2. The van der Waals surface area contributed by atoms with Gasteiger partial charge in [-0.25, -0.2) is 14.2 Å². The van der Waals surface area contributed by atoms with Gasteiger partial charge in [0.15, 0.2) is 5.69 Å². The van der Waals surface area contributed by atoms with Crippen LogP contribution in [0.4, 0.5) is 4.39 Å². The molecule has 4 nitrogen and oxygen atoms in total. The number of hydrogen-bond donors (Lipinski definition) is 1. The zero-order chi connectivity index (χ0) is 13.1. The summed E-state index contributed by atoms with van der Waals surface area (Å²) < 4.78 is 13.1. The highest BCUT2D eigenvalue weighted by molar-refractivity contribution is 7.15. The third kappa shape index (κ3) is 2.36. The third-order valence-electron chi connectivity index (χ3n) is 2.21. The molecule has 0 spiro atoms. The Labute approximate surface area is 106 Å². The third-order valence-corrected chi connectivity index (χ3v) is 3.32. The number of carbonyl (C=O) groups is 1. The van der Waals surface area contributed by atoms with Crippen molar-refractivity contribution in [1.29, 1.82) is 5.26 Å². The van der Waals surface area contributed by atoms with Crippen molar-refractivity contribution < 1.29 is 14.3 Å². The lowest BCUT2D eigenvalue weighted by atomic mass is 10.2. The Morgan fingerprint density at radius 2 is 2.33 bits per heavy atom. The van der Waals surface area contributed by atoms with Crippen LogP contribution in [0.15, 0.2) is 24.3 Å². The number of halogens is 1. The van der Waals surface area contributed by atoms with Gasteiger partial charge in [0.05, 0.1) is 17.4 Å². The van der Waals surface area contributed by atoms with E-state index in [1.807, 2.05) is 6.07 Å². The summed E-state index contributed by atoms with van der Waals surface area (Å²) in [5.41, 5.74) is 0.368. The van der Waals surface area contributed by atoms with Crippen LogP contribution >= 0.6 is 11.3 Å². The summed E-state index contributed by atoms with van der Waals surface area (Å²) in [5.74, 6) is -1.60. The molecule has 18 heavy (non-hydrogen) atoms. The molecule has 2 rings (SSSR count). The summed E-state index contributed by atoms with van der Waals surface area (Å²) in [6.07, 6.45) is -0.0192. The molecule has 0 aliphatic rings. The van der Waals surface area contributed by atoms with E-state index < -0.39 is 11.8 Å². The summed E-state index contributed by atoms with van der Waals surface area (Å²) in [6.45, 7) is 0. The standard InChI is InChI=1S/C12H7FN2O2S/c13-8-3-1-2-7(6-8)11-15-10(12(16)17)9(18-11)4-5-14/h1-3,6H,4H2,(H,16,17). The van der Waals surface area contributed by atoms with Gasteiger partial charge in [0, 0.05) is 5.56 Å². The van der Waals surface area contributed by atoms with E-state index in [1.165, 1.54) is 18.2 Å². The van der Waals surface area contributed by atoms with Gasteiger partial charge in [-0.15, -0.1) is 11.3 Å². The van der Waals surface area contributed by atoms with Crippen molar-refractivity contribution in [3.63, 3.8) is 0 Å². The quantitative estimate of drug-likeness (QED) is 0.922. The highest BCUT2D eigenvalue weighted by atomic mass is 32.1. The maximum Gasteiger partial charge on any atom is 0.355 e. The van der Waals surface area contributed by atoms with Crippen molar-refractivity contribution in [1.82, 2.24) is 4.98 Å². The van der Waals surface area contributed by atoms with Gasteiger partial charge in [-0.1, -0.05) is 12.1 Å². The van der Waals surface area contributed by atoms with Gasteiger partial charge >= 0.3 is 5.97 Å². The fraction of sp³-hybridized carbons (Fsp3) is 0.0833. The van der Waals surface area contributed by atoms with E-state index in [1.54, 1.807) is 6.07 Å². The highest BCUT2D eigenvalue weighted by Gasteiger charge is 2.18. The molecular weight excluding hydrogens is 255 g/mol. The van der Waals surface area contributed by atoms with Crippen LogP contribution in [0, 0.1) is 17.1 Å². The molecule has 1 aromatic heterocycles. The van der Waals surface area contributed by atoms with Crippen molar-refractivity contribution in [2.75, 3.05) is 0 Å². The Kier molecular flexibility index (Phi) is 3.35. The first-order valence-corrected chi connectivity index (χ1v) is 5.79. The maximum atomic E-state index is 13.1. The number of aromatic nitrogens is 1. The van der Waals surface area contributed by atoms with Gasteiger partial charge < -0.3 is 5.11 Å². The van der Waals surface area contributed by atoms with Crippen LogP contribution in [-0.4, -0.2) is 16.1 Å². The second kappa shape index (κ2) is 4.94. The average molecular weight is 262 g/mol. The van der Waals surface area contributed by atoms with E-state index in [4.69, 9.17) is 10.4 Å². The predicted molar refractivity (Wildman–Crippen MR) is 63.8 cm³/mol. The van der Waals surface area contributed by atoms with Gasteiger partial charge in [0.1, 0.15) is 10.8 Å². The molecule has 0 atom stereocenters. The van der Waals surface area contributed by atoms with E-state index in [2.05, 4.69) is 4.98 Å². The molecule has 0 amide bonds. The van der Waals surface area contributed by atoms with Crippen LogP contribution < -0.4 is 0 Å². The lowest BCUT2D eigenvalue weighted by Gasteiger charge is -1.94. The molecule has 6 heteroatoms. The maximum absolute atomic E-state index is 13.1. The molecule has 1 N–H and O–H groups in total. The number of hydrogen-bond acceptors (Lipinski definition) is 4. The fourth-order valence-corrected chi connectivity index (χ4v) is 2.44. The highest BCUT2D eigenvalue weighted by Crippen LogP contribution is 2.28. The fourth-order valence-electron chi connectivity index (χ4n) is 1.46. The molecule has 0 bridgehead atoms. The van der Waals surface area contributed by atoms with Crippen LogP contribution in [0.1, 0.15) is 15.4 Å². The second-order valence-corrected chi connectivity index (χ2v) is 4.52. The predicted octanol–water partition coefficient (Wildman–Crippen LogP) is 2.71. The second-order valence-electron chi connectivity index (χ2n) is 3.44. The normalized spacial score (nSPS) is 10.0. The number of carboxylic acids is 1. The summed E-state index contributed by atoms with van der Waals surface area (Å²) in [7, 11) is 0. The number of nitriles is 1. The van der Waals surface area contributed by atoms with Crippen molar-refractivity contribution in [3.8, 4) is 16.6 Å². The summed E-state index contributed by atoms with van der Waals surface area (Å²) in [5, 5.41) is 18.0. The molecule has 0 aliphatic carbocycles. The smallest absolute Gasteiger partial charge is 0.355 e. The van der Waals surface area contributed by atoms with E-state index in [0.29, 0.717) is 15.4 Å². The average Bonchev–Trinajstić information content (AvgIpc) is 2.74. The first-order chi connectivity index (χ1) is 8.61. The number of aromatic carboxylic acids is 1. The first-order valence-electron chi connectivity index (χ1n) is 4.97. The Hall–Kier alpha value is -2.26. The van der Waals surface area contributed by atoms with Gasteiger partial charge in [-0.05, 0) is 12.1 Å². The van der Waals surface area contributed by atoms with E-state index in [9.17, 15) is 9.18 Å². The van der Waals surface area contributed by atoms with E-state index in [0.717, 1.165) is 11.3 Å². The van der Waals surface area contributed by atoms with Gasteiger partial charge in [0.25, 0.3) is 0 Å². The largest absolute Gasteiger partial charge is 0.476 e. The molecule has 0 radical (unpaired) electrons. The van der Waals surface area contributed by atoms with Crippen LogP contribution in [0.25, 0.3) is 10.6 Å². The summed E-state index contributed by atoms with van der Waals surface area (Å²) >= 11 is 1.09. The molecule has 0 fully saturated rings. The Bertz CT molecular complexity index is 646. The molecule has 1 aromatic carbocycles. The Morgan fingerprint density at radius 1 is 1.56 bits per heavy atom. The Balaban J connectivity index is 2.50. The summed E-state index contributed by atoms with van der Waals surface area (Å²) in [4.78, 5) is 15.3. The number of thiazole rings is 1. The minimum absolute atomic E-state index is 0.0192. The van der Waals surface area contributed by atoms with Crippen molar-refractivity contribution in [2.45, 2.75) is 6.42 Å². The number of carboxylic acid groups (broad SMARTS) is 1. The molecule has 0 saturated heterocycles. The number of benzene rings is 1. The van der Waals surface area contributed by atoms with Crippen LogP contribution in [0.5, 0.6) is 0 Å². The Morgan fingerprint density at radius 3 is 2.94 bits per heavy atom. The van der Waals surface area contributed by atoms with Crippen LogP contribution in [0.2, 0.25) is 0 Å². The molecule has 90 valence electrons. The minimum Gasteiger partial charge on any atom is -0.476 e. The zero-order valence-corrected chi connectivity index (χ0v) is 9.87. The number of nitrogens with zero attached hydrogens (tertiary/aromatic N) is 2. The van der Waals surface area contributed by atoms with E-state index >= 15 is 0 Å². The van der Waals surface area contributed by atoms with Gasteiger partial charge in [0.2, 0.25) is 0 Å². The molecule has 2 aromatic rings. The topological polar surface area (TPSA) is 74.0 Å². The van der Waals surface area contributed by atoms with Gasteiger partial charge in [-0.2, -0.15) is 5.26 Å². The molecule has 1 heterocycles. The molecular formula is C12H7FN2O2S. The van der Waals surface area contributed by atoms with Crippen LogP contribution in [-0.2, 0) is 6.42 Å². The zero-order valence-electron chi connectivity index (χ0n) is 9.05. The number of rotatable bonds is 3. The molecule has 0 aliphatic heterocycles. The van der Waals surface area contributed by atoms with Gasteiger partial charge in [-0.3, -0.25) is 0 Å². The minimum atomic E-state index is -1.18.